The minimum Gasteiger partial charge on any atom is -0.327 e. The molecule has 1 atom stereocenters. The first-order chi connectivity index (χ1) is 14.1. The Labute approximate surface area is 168 Å². The van der Waals surface area contributed by atoms with Gasteiger partial charge in [-0.2, -0.15) is 0 Å². The number of pyridine rings is 1. The van der Waals surface area contributed by atoms with Crippen LogP contribution in [0.25, 0.3) is 11.1 Å². The summed E-state index contributed by atoms with van der Waals surface area (Å²) in [5, 5.41) is 2.89. The van der Waals surface area contributed by atoms with Gasteiger partial charge in [-0.15, -0.1) is 0 Å². The minimum atomic E-state index is -0.501. The number of carbonyl (C=O) groups is 2. The number of amides is 2. The number of rotatable bonds is 4. The summed E-state index contributed by atoms with van der Waals surface area (Å²) in [7, 11) is 0. The first kappa shape index (κ1) is 18.8. The Hall–Kier alpha value is -3.54. The van der Waals surface area contributed by atoms with E-state index in [1.54, 1.807) is 47.6 Å². The maximum atomic E-state index is 13.4. The van der Waals surface area contributed by atoms with E-state index in [0.717, 1.165) is 17.5 Å². The number of nitrogens with one attached hydrogen (secondary N) is 1. The Balaban J connectivity index is 1.45. The number of likely N-dealkylation sites (tertiary alicyclic amines) is 1. The van der Waals surface area contributed by atoms with Crippen molar-refractivity contribution in [3.63, 3.8) is 0 Å². The lowest BCUT2D eigenvalue weighted by Gasteiger charge is -2.24. The van der Waals surface area contributed by atoms with Gasteiger partial charge >= 0.3 is 0 Å². The third-order valence-electron chi connectivity index (χ3n) is 5.05. The van der Waals surface area contributed by atoms with Gasteiger partial charge < -0.3 is 10.2 Å². The lowest BCUT2D eigenvalue weighted by atomic mass is 10.1. The molecular weight excluding hydrogens is 369 g/mol. The fraction of sp³-hybridized carbons (Fsp3) is 0.174. The molecule has 0 aliphatic carbocycles. The number of aromatic nitrogens is 1. The standard InChI is InChI=1S/C23H20FN3O2/c24-19-4-1-3-18(15-19)16-6-8-20(9-7-16)26-22(28)21-5-2-14-27(21)23(29)17-10-12-25-13-11-17/h1,3-4,6-13,15,21H,2,5,14H2,(H,26,28). The molecule has 1 saturated heterocycles. The fourth-order valence-electron chi connectivity index (χ4n) is 3.58. The van der Waals surface area contributed by atoms with Gasteiger partial charge in [0.15, 0.2) is 0 Å². The number of hydrogen-bond donors (Lipinski definition) is 1. The molecule has 0 spiro atoms. The largest absolute Gasteiger partial charge is 0.327 e. The smallest absolute Gasteiger partial charge is 0.254 e. The highest BCUT2D eigenvalue weighted by molar-refractivity contribution is 6.01. The number of nitrogens with zero attached hydrogens (tertiary/aromatic N) is 2. The monoisotopic (exact) mass is 389 g/mol. The van der Waals surface area contributed by atoms with Crippen molar-refractivity contribution >= 4 is 17.5 Å². The third kappa shape index (κ3) is 4.16. The van der Waals surface area contributed by atoms with Crippen LogP contribution in [0.2, 0.25) is 0 Å². The number of anilines is 1. The molecular formula is C23H20FN3O2. The number of hydrogen-bond acceptors (Lipinski definition) is 3. The van der Waals surface area contributed by atoms with Crippen molar-refractivity contribution in [1.29, 1.82) is 0 Å². The number of halogens is 1. The van der Waals surface area contributed by atoms with Crippen LogP contribution in [0.5, 0.6) is 0 Å². The lowest BCUT2D eigenvalue weighted by molar-refractivity contribution is -0.119. The molecule has 1 aliphatic heterocycles. The van der Waals surface area contributed by atoms with E-state index < -0.39 is 6.04 Å². The number of carbonyl (C=O) groups excluding carboxylic acids is 2. The Morgan fingerprint density at radius 2 is 1.76 bits per heavy atom. The van der Waals surface area contributed by atoms with E-state index in [0.29, 0.717) is 24.2 Å². The van der Waals surface area contributed by atoms with Gasteiger partial charge in [-0.1, -0.05) is 24.3 Å². The van der Waals surface area contributed by atoms with Gasteiger partial charge in [-0.3, -0.25) is 14.6 Å². The van der Waals surface area contributed by atoms with Crippen molar-refractivity contribution in [2.24, 2.45) is 0 Å². The van der Waals surface area contributed by atoms with Crippen molar-refractivity contribution < 1.29 is 14.0 Å². The first-order valence-corrected chi connectivity index (χ1v) is 9.50. The molecule has 1 N–H and O–H groups in total. The van der Waals surface area contributed by atoms with Crippen molar-refractivity contribution in [2.75, 3.05) is 11.9 Å². The first-order valence-electron chi connectivity index (χ1n) is 9.50. The Morgan fingerprint density at radius 1 is 1.00 bits per heavy atom. The molecule has 1 aromatic heterocycles. The molecule has 2 amide bonds. The Bertz CT molecular complexity index is 1020. The predicted octanol–water partition coefficient (Wildman–Crippen LogP) is 4.13. The molecule has 3 aromatic rings. The van der Waals surface area contributed by atoms with Crippen LogP contribution < -0.4 is 5.32 Å². The number of benzene rings is 2. The molecule has 4 rings (SSSR count). The highest BCUT2D eigenvalue weighted by Crippen LogP contribution is 2.24. The van der Waals surface area contributed by atoms with Gasteiger partial charge in [-0.25, -0.2) is 4.39 Å². The summed E-state index contributed by atoms with van der Waals surface area (Å²) >= 11 is 0. The minimum absolute atomic E-state index is 0.161. The van der Waals surface area contributed by atoms with Gasteiger partial charge in [0.1, 0.15) is 11.9 Å². The van der Waals surface area contributed by atoms with E-state index in [1.165, 1.54) is 12.1 Å². The summed E-state index contributed by atoms with van der Waals surface area (Å²) in [5.74, 6) is -0.657. The zero-order valence-electron chi connectivity index (χ0n) is 15.7. The lowest BCUT2D eigenvalue weighted by Crippen LogP contribution is -2.43. The normalized spacial score (nSPS) is 15.9. The predicted molar refractivity (Wildman–Crippen MR) is 109 cm³/mol. The van der Waals surface area contributed by atoms with Crippen molar-refractivity contribution in [3.8, 4) is 11.1 Å². The summed E-state index contributed by atoms with van der Waals surface area (Å²) in [6.07, 6.45) is 4.55. The van der Waals surface area contributed by atoms with Crippen LogP contribution >= 0.6 is 0 Å². The highest BCUT2D eigenvalue weighted by atomic mass is 19.1. The van der Waals surface area contributed by atoms with Crippen LogP contribution in [0.3, 0.4) is 0 Å². The van der Waals surface area contributed by atoms with Gasteiger partial charge in [0.25, 0.3) is 5.91 Å². The summed E-state index contributed by atoms with van der Waals surface area (Å²) < 4.78 is 13.4. The zero-order chi connectivity index (χ0) is 20.2. The van der Waals surface area contributed by atoms with E-state index in [2.05, 4.69) is 10.3 Å². The average Bonchev–Trinajstić information content (AvgIpc) is 3.24. The molecule has 0 saturated carbocycles. The maximum Gasteiger partial charge on any atom is 0.254 e. The van der Waals surface area contributed by atoms with E-state index in [4.69, 9.17) is 0 Å². The Morgan fingerprint density at radius 3 is 2.48 bits per heavy atom. The van der Waals surface area contributed by atoms with Gasteiger partial charge in [0.2, 0.25) is 5.91 Å². The topological polar surface area (TPSA) is 62.3 Å². The highest BCUT2D eigenvalue weighted by Gasteiger charge is 2.34. The fourth-order valence-corrected chi connectivity index (χ4v) is 3.58. The van der Waals surface area contributed by atoms with Gasteiger partial charge in [0, 0.05) is 30.2 Å². The molecule has 2 heterocycles. The van der Waals surface area contributed by atoms with Gasteiger partial charge in [-0.05, 0) is 60.4 Å². The molecule has 6 heteroatoms. The van der Waals surface area contributed by atoms with E-state index >= 15 is 0 Å². The molecule has 0 bridgehead atoms. The Kier molecular flexibility index (Phi) is 5.33. The molecule has 0 radical (unpaired) electrons. The quantitative estimate of drug-likeness (QED) is 0.730. The summed E-state index contributed by atoms with van der Waals surface area (Å²) in [6, 6.07) is 16.4. The molecule has 2 aromatic carbocycles. The molecule has 1 unspecified atom stereocenters. The molecule has 29 heavy (non-hydrogen) atoms. The van der Waals surface area contributed by atoms with Gasteiger partial charge in [0.05, 0.1) is 0 Å². The molecule has 146 valence electrons. The van der Waals surface area contributed by atoms with Crippen molar-refractivity contribution in [2.45, 2.75) is 18.9 Å². The zero-order valence-corrected chi connectivity index (χ0v) is 15.7. The van der Waals surface area contributed by atoms with E-state index in [1.807, 2.05) is 18.2 Å². The van der Waals surface area contributed by atoms with E-state index in [-0.39, 0.29) is 17.6 Å². The molecule has 1 aliphatic rings. The van der Waals surface area contributed by atoms with Crippen LogP contribution in [0, 0.1) is 5.82 Å². The van der Waals surface area contributed by atoms with E-state index in [9.17, 15) is 14.0 Å². The van der Waals surface area contributed by atoms with Crippen LogP contribution in [0.4, 0.5) is 10.1 Å². The van der Waals surface area contributed by atoms with Crippen LogP contribution in [0.1, 0.15) is 23.2 Å². The van der Waals surface area contributed by atoms with Crippen LogP contribution in [-0.2, 0) is 4.79 Å². The second-order valence-electron chi connectivity index (χ2n) is 6.97. The third-order valence-corrected chi connectivity index (χ3v) is 5.05. The summed E-state index contributed by atoms with van der Waals surface area (Å²) in [6.45, 7) is 0.553. The molecule has 1 fully saturated rings. The summed E-state index contributed by atoms with van der Waals surface area (Å²) in [5.41, 5.74) is 2.79. The molecule has 5 nitrogen and oxygen atoms in total. The average molecular weight is 389 g/mol. The second-order valence-corrected chi connectivity index (χ2v) is 6.97. The maximum absolute atomic E-state index is 13.4. The van der Waals surface area contributed by atoms with Crippen molar-refractivity contribution in [3.05, 3.63) is 84.4 Å². The SMILES string of the molecule is O=C(Nc1ccc(-c2cccc(F)c2)cc1)C1CCCN1C(=O)c1ccncc1. The van der Waals surface area contributed by atoms with Crippen LogP contribution in [-0.4, -0.2) is 34.3 Å². The van der Waals surface area contributed by atoms with Crippen molar-refractivity contribution in [1.82, 2.24) is 9.88 Å². The summed E-state index contributed by atoms with van der Waals surface area (Å²) in [4.78, 5) is 31.1. The van der Waals surface area contributed by atoms with Crippen LogP contribution in [0.15, 0.2) is 73.1 Å². The second kappa shape index (κ2) is 8.22.